The van der Waals surface area contributed by atoms with Gasteiger partial charge < -0.3 is 15.7 Å². The maximum absolute atomic E-state index is 13.5. The highest BCUT2D eigenvalue weighted by atomic mass is 79.9. The van der Waals surface area contributed by atoms with Crippen LogP contribution in [0.5, 0.6) is 0 Å². The van der Waals surface area contributed by atoms with E-state index >= 15 is 0 Å². The van der Waals surface area contributed by atoms with E-state index in [2.05, 4.69) is 26.6 Å². The fourth-order valence-corrected chi connectivity index (χ4v) is 2.27. The van der Waals surface area contributed by atoms with E-state index in [1.54, 1.807) is 6.08 Å². The molecular formula is C13H12BrFN2O3. The minimum absolute atomic E-state index is 0.0497. The average Bonchev–Trinajstić information content (AvgIpc) is 2.82. The van der Waals surface area contributed by atoms with Crippen LogP contribution < -0.4 is 10.6 Å². The molecule has 1 aliphatic rings. The first-order valence-electron chi connectivity index (χ1n) is 5.89. The number of halogens is 2. The largest absolute Gasteiger partial charge is 0.481 e. The number of amides is 2. The van der Waals surface area contributed by atoms with Crippen LogP contribution in [0.25, 0.3) is 0 Å². The summed E-state index contributed by atoms with van der Waals surface area (Å²) in [5.74, 6) is -2.07. The van der Waals surface area contributed by atoms with Crippen LogP contribution in [0.15, 0.2) is 34.8 Å². The van der Waals surface area contributed by atoms with E-state index in [0.717, 1.165) is 0 Å². The molecule has 2 unspecified atom stereocenters. The molecule has 0 spiro atoms. The summed E-state index contributed by atoms with van der Waals surface area (Å²) >= 11 is 3.18. The molecule has 106 valence electrons. The molecule has 0 aromatic heterocycles. The highest BCUT2D eigenvalue weighted by molar-refractivity contribution is 9.10. The van der Waals surface area contributed by atoms with Gasteiger partial charge in [-0.2, -0.15) is 0 Å². The summed E-state index contributed by atoms with van der Waals surface area (Å²) in [6, 6.07) is 3.25. The third-order valence-corrected chi connectivity index (χ3v) is 3.39. The van der Waals surface area contributed by atoms with Gasteiger partial charge in [0.1, 0.15) is 5.82 Å². The van der Waals surface area contributed by atoms with Gasteiger partial charge in [0.25, 0.3) is 0 Å². The van der Waals surface area contributed by atoms with Crippen molar-refractivity contribution < 1.29 is 19.1 Å². The molecule has 0 radical (unpaired) electrons. The number of urea groups is 1. The van der Waals surface area contributed by atoms with Gasteiger partial charge in [-0.15, -0.1) is 0 Å². The third kappa shape index (κ3) is 3.57. The fourth-order valence-electron chi connectivity index (χ4n) is 1.91. The van der Waals surface area contributed by atoms with E-state index in [1.807, 2.05) is 0 Å². The first-order chi connectivity index (χ1) is 9.45. The zero-order valence-corrected chi connectivity index (χ0v) is 11.9. The molecule has 0 bridgehead atoms. The van der Waals surface area contributed by atoms with Gasteiger partial charge in [-0.1, -0.05) is 28.1 Å². The molecule has 7 heteroatoms. The lowest BCUT2D eigenvalue weighted by Crippen LogP contribution is -2.36. The summed E-state index contributed by atoms with van der Waals surface area (Å²) in [7, 11) is 0. The Hall–Kier alpha value is -1.89. The molecule has 2 atom stereocenters. The Morgan fingerprint density at radius 3 is 2.75 bits per heavy atom. The molecule has 0 saturated heterocycles. The lowest BCUT2D eigenvalue weighted by molar-refractivity contribution is -0.140. The Kier molecular flexibility index (Phi) is 4.39. The molecule has 0 fully saturated rings. The lowest BCUT2D eigenvalue weighted by atomic mass is 10.1. The number of carboxylic acids is 1. The van der Waals surface area contributed by atoms with E-state index < -0.39 is 23.7 Å². The minimum Gasteiger partial charge on any atom is -0.481 e. The number of anilines is 1. The molecule has 2 amide bonds. The number of hydrogen-bond donors (Lipinski definition) is 3. The highest BCUT2D eigenvalue weighted by Gasteiger charge is 2.25. The predicted molar refractivity (Wildman–Crippen MR) is 74.9 cm³/mol. The summed E-state index contributed by atoms with van der Waals surface area (Å²) in [5, 5.41) is 13.8. The van der Waals surface area contributed by atoms with Crippen LogP contribution >= 0.6 is 15.9 Å². The van der Waals surface area contributed by atoms with Crippen molar-refractivity contribution in [1.29, 1.82) is 0 Å². The second-order valence-electron chi connectivity index (χ2n) is 4.39. The van der Waals surface area contributed by atoms with Crippen LogP contribution in [0.3, 0.4) is 0 Å². The van der Waals surface area contributed by atoms with Crippen molar-refractivity contribution in [2.75, 3.05) is 5.32 Å². The van der Waals surface area contributed by atoms with Gasteiger partial charge in [0.05, 0.1) is 17.6 Å². The van der Waals surface area contributed by atoms with Crippen LogP contribution in [0.1, 0.15) is 6.42 Å². The maximum atomic E-state index is 13.5. The van der Waals surface area contributed by atoms with E-state index in [4.69, 9.17) is 5.11 Å². The topological polar surface area (TPSA) is 78.4 Å². The fraction of sp³-hybridized carbons (Fsp3) is 0.231. The summed E-state index contributed by atoms with van der Waals surface area (Å²) in [6.07, 6.45) is 3.45. The molecule has 3 N–H and O–H groups in total. The number of carboxylic acid groups (broad SMARTS) is 1. The van der Waals surface area contributed by atoms with Crippen molar-refractivity contribution in [2.45, 2.75) is 12.5 Å². The summed E-state index contributed by atoms with van der Waals surface area (Å²) in [4.78, 5) is 22.5. The molecule has 0 heterocycles. The predicted octanol–water partition coefficient (Wildman–Crippen LogP) is 2.74. The molecule has 1 aliphatic carbocycles. The molecule has 1 aromatic rings. The second-order valence-corrected chi connectivity index (χ2v) is 5.31. The number of aliphatic carboxylic acids is 1. The Labute approximate surface area is 123 Å². The van der Waals surface area contributed by atoms with Crippen molar-refractivity contribution in [3.05, 3.63) is 40.6 Å². The van der Waals surface area contributed by atoms with Crippen LogP contribution in [0, 0.1) is 11.7 Å². The van der Waals surface area contributed by atoms with Crippen molar-refractivity contribution in [3.8, 4) is 0 Å². The molecule has 5 nitrogen and oxygen atoms in total. The van der Waals surface area contributed by atoms with Gasteiger partial charge >= 0.3 is 12.0 Å². The second kappa shape index (κ2) is 6.04. The Bertz CT molecular complexity index is 577. The Balaban J connectivity index is 1.92. The van der Waals surface area contributed by atoms with Crippen molar-refractivity contribution in [3.63, 3.8) is 0 Å². The van der Waals surface area contributed by atoms with Crippen molar-refractivity contribution in [1.82, 2.24) is 5.32 Å². The lowest BCUT2D eigenvalue weighted by Gasteiger charge is -2.13. The number of nitrogens with one attached hydrogen (secondary N) is 2. The van der Waals surface area contributed by atoms with E-state index in [9.17, 15) is 14.0 Å². The normalized spacial score (nSPS) is 20.7. The number of rotatable bonds is 3. The SMILES string of the molecule is O=C(Nc1cc(Br)ccc1F)NC1C=CC(C(=O)O)C1. The van der Waals surface area contributed by atoms with Crippen LogP contribution in [-0.4, -0.2) is 23.1 Å². The third-order valence-electron chi connectivity index (χ3n) is 2.89. The summed E-state index contributed by atoms with van der Waals surface area (Å²) < 4.78 is 14.1. The van der Waals surface area contributed by atoms with E-state index in [0.29, 0.717) is 10.9 Å². The molecule has 0 saturated carbocycles. The number of carbonyl (C=O) groups excluding carboxylic acids is 1. The van der Waals surface area contributed by atoms with Gasteiger partial charge in [0.2, 0.25) is 0 Å². The number of benzene rings is 1. The van der Waals surface area contributed by atoms with Crippen LogP contribution in [0.4, 0.5) is 14.9 Å². The number of carbonyl (C=O) groups is 2. The number of hydrogen-bond acceptors (Lipinski definition) is 2. The monoisotopic (exact) mass is 342 g/mol. The smallest absolute Gasteiger partial charge is 0.319 e. The van der Waals surface area contributed by atoms with Crippen molar-refractivity contribution >= 4 is 33.6 Å². The van der Waals surface area contributed by atoms with Gasteiger partial charge in [-0.3, -0.25) is 4.79 Å². The van der Waals surface area contributed by atoms with Crippen LogP contribution in [0.2, 0.25) is 0 Å². The summed E-state index contributed by atoms with van der Waals surface area (Å²) in [5.41, 5.74) is 0.0497. The zero-order chi connectivity index (χ0) is 14.7. The standard InChI is InChI=1S/C13H12BrFN2O3/c14-8-2-4-10(15)11(6-8)17-13(20)16-9-3-1-7(5-9)12(18)19/h1-4,6-7,9H,5H2,(H,18,19)(H2,16,17,20). The van der Waals surface area contributed by atoms with Gasteiger partial charge in [-0.05, 0) is 24.6 Å². The average molecular weight is 343 g/mol. The first kappa shape index (κ1) is 14.5. The van der Waals surface area contributed by atoms with Crippen LogP contribution in [-0.2, 0) is 4.79 Å². The van der Waals surface area contributed by atoms with Gasteiger partial charge in [0, 0.05) is 4.47 Å². The quantitative estimate of drug-likeness (QED) is 0.739. The first-order valence-corrected chi connectivity index (χ1v) is 6.68. The molecule has 1 aromatic carbocycles. The minimum atomic E-state index is -0.927. The van der Waals surface area contributed by atoms with E-state index in [-0.39, 0.29) is 11.7 Å². The van der Waals surface area contributed by atoms with Gasteiger partial charge in [-0.25, -0.2) is 9.18 Å². The zero-order valence-electron chi connectivity index (χ0n) is 10.3. The molecule has 0 aliphatic heterocycles. The van der Waals surface area contributed by atoms with Crippen molar-refractivity contribution in [2.24, 2.45) is 5.92 Å². The maximum Gasteiger partial charge on any atom is 0.319 e. The summed E-state index contributed by atoms with van der Waals surface area (Å²) in [6.45, 7) is 0. The molecule has 2 rings (SSSR count). The van der Waals surface area contributed by atoms with E-state index in [1.165, 1.54) is 24.3 Å². The highest BCUT2D eigenvalue weighted by Crippen LogP contribution is 2.21. The molecule has 20 heavy (non-hydrogen) atoms. The van der Waals surface area contributed by atoms with Gasteiger partial charge in [0.15, 0.2) is 0 Å². The Morgan fingerprint density at radius 1 is 1.35 bits per heavy atom. The Morgan fingerprint density at radius 2 is 2.10 bits per heavy atom. The molecular weight excluding hydrogens is 331 g/mol.